The number of nitrogens with one attached hydrogen (secondary N) is 1. The molecule has 0 aliphatic carbocycles. The molecule has 2 rings (SSSR count). The van der Waals surface area contributed by atoms with Gasteiger partial charge in [0.1, 0.15) is 0 Å². The van der Waals surface area contributed by atoms with Crippen LogP contribution in [-0.4, -0.2) is 46.6 Å². The van der Waals surface area contributed by atoms with E-state index in [2.05, 4.69) is 5.32 Å². The van der Waals surface area contributed by atoms with E-state index >= 15 is 0 Å². The largest absolute Gasteiger partial charge is 0.481 e. The van der Waals surface area contributed by atoms with Crippen LogP contribution in [0.25, 0.3) is 0 Å². The Morgan fingerprint density at radius 3 is 2.36 bits per heavy atom. The van der Waals surface area contributed by atoms with Gasteiger partial charge in [-0.2, -0.15) is 0 Å². The number of rotatable bonds is 5. The molecule has 1 aliphatic rings. The molecule has 1 aliphatic heterocycles. The predicted molar refractivity (Wildman–Crippen MR) is 77.4 cm³/mol. The van der Waals surface area contributed by atoms with Crippen LogP contribution in [0.2, 0.25) is 0 Å². The van der Waals surface area contributed by atoms with Crippen molar-refractivity contribution in [3.63, 3.8) is 0 Å². The number of non-ortho nitro benzene ring substituents is 1. The monoisotopic (exact) mass is 307 g/mol. The second kappa shape index (κ2) is 6.99. The average molecular weight is 307 g/mol. The van der Waals surface area contributed by atoms with Crippen LogP contribution in [-0.2, 0) is 4.79 Å². The molecule has 1 saturated heterocycles. The van der Waals surface area contributed by atoms with E-state index in [1.807, 2.05) is 4.90 Å². The molecule has 1 amide bonds. The Hall–Kier alpha value is -2.48. The molecule has 0 spiro atoms. The van der Waals surface area contributed by atoms with Crippen LogP contribution >= 0.6 is 0 Å². The highest BCUT2D eigenvalue weighted by molar-refractivity contribution is 5.94. The lowest BCUT2D eigenvalue weighted by molar-refractivity contribution is -0.384. The fourth-order valence-corrected chi connectivity index (χ4v) is 2.36. The Morgan fingerprint density at radius 1 is 1.27 bits per heavy atom. The lowest BCUT2D eigenvalue weighted by Crippen LogP contribution is -2.43. The number of amides is 1. The van der Waals surface area contributed by atoms with Gasteiger partial charge < -0.3 is 10.4 Å². The van der Waals surface area contributed by atoms with Gasteiger partial charge in [-0.15, -0.1) is 0 Å². The molecule has 2 N–H and O–H groups in total. The van der Waals surface area contributed by atoms with Crippen molar-refractivity contribution in [1.82, 2.24) is 10.2 Å². The van der Waals surface area contributed by atoms with Crippen molar-refractivity contribution in [2.45, 2.75) is 12.8 Å². The van der Waals surface area contributed by atoms with Gasteiger partial charge in [0, 0.05) is 30.8 Å². The second-order valence-electron chi connectivity index (χ2n) is 5.20. The van der Waals surface area contributed by atoms with E-state index in [4.69, 9.17) is 5.11 Å². The van der Waals surface area contributed by atoms with Crippen molar-refractivity contribution in [3.05, 3.63) is 39.9 Å². The number of aliphatic carboxylic acids is 1. The number of carbonyl (C=O) groups excluding carboxylic acids is 1. The van der Waals surface area contributed by atoms with Gasteiger partial charge in [0.25, 0.3) is 11.6 Å². The third-order valence-electron chi connectivity index (χ3n) is 3.74. The first-order valence-electron chi connectivity index (χ1n) is 6.95. The van der Waals surface area contributed by atoms with Gasteiger partial charge >= 0.3 is 5.97 Å². The lowest BCUT2D eigenvalue weighted by Gasteiger charge is -2.29. The Balaban J connectivity index is 1.81. The fourth-order valence-electron chi connectivity index (χ4n) is 2.36. The van der Waals surface area contributed by atoms with E-state index in [-0.39, 0.29) is 17.5 Å². The van der Waals surface area contributed by atoms with Gasteiger partial charge in [-0.1, -0.05) is 0 Å². The molecule has 8 nitrogen and oxygen atoms in total. The standard InChI is InChI=1S/C14H17N3O5/c18-13(10-1-3-12(4-2-10)17(21)22)15-9-16-7-5-11(6-8-16)14(19)20/h1-4,11H,5-9H2,(H,15,18)(H,19,20). The van der Waals surface area contributed by atoms with Gasteiger partial charge in [-0.25, -0.2) is 0 Å². The highest BCUT2D eigenvalue weighted by Gasteiger charge is 2.24. The highest BCUT2D eigenvalue weighted by atomic mass is 16.6. The molecule has 8 heteroatoms. The summed E-state index contributed by atoms with van der Waals surface area (Å²) in [6.45, 7) is 1.58. The summed E-state index contributed by atoms with van der Waals surface area (Å²) in [5.74, 6) is -1.38. The number of hydrogen-bond acceptors (Lipinski definition) is 5. The number of nitro groups is 1. The number of nitrogens with zero attached hydrogens (tertiary/aromatic N) is 2. The fraction of sp³-hybridized carbons (Fsp3) is 0.429. The topological polar surface area (TPSA) is 113 Å². The number of hydrogen-bond donors (Lipinski definition) is 2. The summed E-state index contributed by atoms with van der Waals surface area (Å²) in [7, 11) is 0. The molecule has 0 unspecified atom stereocenters. The predicted octanol–water partition coefficient (Wildman–Crippen LogP) is 1.08. The van der Waals surface area contributed by atoms with Crippen LogP contribution in [0.3, 0.4) is 0 Å². The number of likely N-dealkylation sites (tertiary alicyclic amines) is 1. The number of carbonyl (C=O) groups is 2. The number of benzene rings is 1. The molecular formula is C14H17N3O5. The average Bonchev–Trinajstić information content (AvgIpc) is 2.53. The van der Waals surface area contributed by atoms with E-state index in [0.717, 1.165) is 0 Å². The molecule has 1 fully saturated rings. The first-order valence-corrected chi connectivity index (χ1v) is 6.95. The number of carboxylic acid groups (broad SMARTS) is 1. The Bertz CT molecular complexity index is 564. The normalized spacial score (nSPS) is 16.2. The third kappa shape index (κ3) is 4.01. The van der Waals surface area contributed by atoms with Crippen molar-refractivity contribution < 1.29 is 19.6 Å². The summed E-state index contributed by atoms with van der Waals surface area (Å²) in [6, 6.07) is 5.38. The number of carboxylic acids is 1. The summed E-state index contributed by atoms with van der Waals surface area (Å²) in [5.41, 5.74) is 0.290. The maximum absolute atomic E-state index is 11.9. The van der Waals surface area contributed by atoms with Crippen molar-refractivity contribution in [2.24, 2.45) is 5.92 Å². The minimum Gasteiger partial charge on any atom is -0.481 e. The van der Waals surface area contributed by atoms with E-state index in [1.165, 1.54) is 24.3 Å². The molecule has 0 saturated carbocycles. The molecule has 0 radical (unpaired) electrons. The summed E-state index contributed by atoms with van der Waals surface area (Å²) in [5, 5.41) is 22.2. The molecule has 0 atom stereocenters. The van der Waals surface area contributed by atoms with Gasteiger partial charge in [-0.3, -0.25) is 24.6 Å². The van der Waals surface area contributed by atoms with Crippen molar-refractivity contribution in [2.75, 3.05) is 19.8 Å². The molecular weight excluding hydrogens is 290 g/mol. The third-order valence-corrected chi connectivity index (χ3v) is 3.74. The molecule has 0 aromatic heterocycles. The maximum atomic E-state index is 11.9. The SMILES string of the molecule is O=C(NCN1CCC(C(=O)O)CC1)c1ccc([N+](=O)[O-])cc1. The molecule has 1 heterocycles. The van der Waals surface area contributed by atoms with Gasteiger partial charge in [0.15, 0.2) is 0 Å². The summed E-state index contributed by atoms with van der Waals surface area (Å²) in [6.07, 6.45) is 1.14. The lowest BCUT2D eigenvalue weighted by atomic mass is 9.97. The van der Waals surface area contributed by atoms with E-state index in [1.54, 1.807) is 0 Å². The Morgan fingerprint density at radius 2 is 1.86 bits per heavy atom. The van der Waals surface area contributed by atoms with Crippen molar-refractivity contribution in [1.29, 1.82) is 0 Å². The van der Waals surface area contributed by atoms with Crippen molar-refractivity contribution in [3.8, 4) is 0 Å². The second-order valence-corrected chi connectivity index (χ2v) is 5.20. The molecule has 1 aromatic rings. The molecule has 1 aromatic carbocycles. The summed E-state index contributed by atoms with van der Waals surface area (Å²) < 4.78 is 0. The van der Waals surface area contributed by atoms with Crippen LogP contribution in [0.15, 0.2) is 24.3 Å². The van der Waals surface area contributed by atoms with Crippen LogP contribution < -0.4 is 5.32 Å². The van der Waals surface area contributed by atoms with Crippen molar-refractivity contribution >= 4 is 17.6 Å². The first-order chi connectivity index (χ1) is 10.5. The van der Waals surface area contributed by atoms with E-state index in [9.17, 15) is 19.7 Å². The van der Waals surface area contributed by atoms with E-state index < -0.39 is 10.9 Å². The zero-order chi connectivity index (χ0) is 16.1. The van der Waals surface area contributed by atoms with Crippen LogP contribution in [0, 0.1) is 16.0 Å². The first kappa shape index (κ1) is 15.9. The quantitative estimate of drug-likeness (QED) is 0.621. The highest BCUT2D eigenvalue weighted by Crippen LogP contribution is 2.16. The number of nitro benzene ring substituents is 1. The van der Waals surface area contributed by atoms with Gasteiger partial charge in [0.05, 0.1) is 17.5 Å². The van der Waals surface area contributed by atoms with Crippen LogP contribution in [0.4, 0.5) is 5.69 Å². The molecule has 22 heavy (non-hydrogen) atoms. The minimum atomic E-state index is -0.769. The summed E-state index contributed by atoms with van der Waals surface area (Å²) in [4.78, 5) is 34.8. The van der Waals surface area contributed by atoms with Crippen LogP contribution in [0.5, 0.6) is 0 Å². The van der Waals surface area contributed by atoms with Crippen LogP contribution in [0.1, 0.15) is 23.2 Å². The number of piperidine rings is 1. The maximum Gasteiger partial charge on any atom is 0.306 e. The zero-order valence-corrected chi connectivity index (χ0v) is 11.9. The van der Waals surface area contributed by atoms with Gasteiger partial charge in [0.2, 0.25) is 0 Å². The minimum absolute atomic E-state index is 0.0627. The Kier molecular flexibility index (Phi) is 5.05. The van der Waals surface area contributed by atoms with E-state index in [0.29, 0.717) is 38.2 Å². The smallest absolute Gasteiger partial charge is 0.306 e. The summed E-state index contributed by atoms with van der Waals surface area (Å²) >= 11 is 0. The zero-order valence-electron chi connectivity index (χ0n) is 11.9. The Labute approximate surface area is 126 Å². The molecule has 0 bridgehead atoms. The molecule has 118 valence electrons. The van der Waals surface area contributed by atoms with Gasteiger partial charge in [-0.05, 0) is 25.0 Å².